The number of carboxylic acid groups (broad SMARTS) is 1. The summed E-state index contributed by atoms with van der Waals surface area (Å²) in [6.07, 6.45) is 2.15. The van der Waals surface area contributed by atoms with Gasteiger partial charge < -0.3 is 14.7 Å². The second-order valence-corrected chi connectivity index (χ2v) is 8.34. The number of carboxylic acids is 1. The Hall–Kier alpha value is -3.74. The topological polar surface area (TPSA) is 79.7 Å². The predicted octanol–water partition coefficient (Wildman–Crippen LogP) is 4.26. The molecule has 2 heterocycles. The minimum absolute atomic E-state index is 0.0537. The van der Waals surface area contributed by atoms with E-state index >= 15 is 0 Å². The summed E-state index contributed by atoms with van der Waals surface area (Å²) >= 11 is 0. The minimum Gasteiger partial charge on any atom is -0.481 e. The van der Waals surface area contributed by atoms with E-state index < -0.39 is 17.7 Å². The van der Waals surface area contributed by atoms with Gasteiger partial charge in [-0.1, -0.05) is 29.8 Å². The first kappa shape index (κ1) is 22.5. The molecule has 33 heavy (non-hydrogen) atoms. The second kappa shape index (κ2) is 9.02. The highest BCUT2D eigenvalue weighted by Crippen LogP contribution is 2.32. The van der Waals surface area contributed by atoms with Crippen molar-refractivity contribution in [1.82, 2.24) is 9.88 Å². The van der Waals surface area contributed by atoms with Crippen molar-refractivity contribution in [3.05, 3.63) is 93.4 Å². The third-order valence-corrected chi connectivity index (χ3v) is 6.11. The van der Waals surface area contributed by atoms with Crippen LogP contribution in [-0.2, 0) is 17.8 Å². The Bertz CT molecular complexity index is 1240. The monoisotopic (exact) mass is 448 g/mol. The lowest BCUT2D eigenvalue weighted by atomic mass is 9.86. The van der Waals surface area contributed by atoms with Gasteiger partial charge in [-0.25, -0.2) is 9.37 Å². The van der Waals surface area contributed by atoms with Crippen LogP contribution in [0.4, 0.5) is 4.39 Å². The molecular weight excluding hydrogens is 423 g/mol. The highest BCUT2D eigenvalue weighted by Gasteiger charge is 2.28. The summed E-state index contributed by atoms with van der Waals surface area (Å²) in [5.41, 5.74) is 4.73. The van der Waals surface area contributed by atoms with Crippen molar-refractivity contribution in [2.24, 2.45) is 0 Å². The van der Waals surface area contributed by atoms with E-state index in [-0.39, 0.29) is 11.5 Å². The average molecular weight is 448 g/mol. The molecule has 1 aliphatic heterocycles. The molecule has 1 amide bonds. The van der Waals surface area contributed by atoms with Crippen molar-refractivity contribution in [1.29, 1.82) is 0 Å². The lowest BCUT2D eigenvalue weighted by Gasteiger charge is -2.30. The fraction of sp³-hybridized carbons (Fsp3) is 0.269. The number of nitrogens with zero attached hydrogens (tertiary/aromatic N) is 2. The molecule has 170 valence electrons. The zero-order valence-electron chi connectivity index (χ0n) is 18.8. The van der Waals surface area contributed by atoms with E-state index in [2.05, 4.69) is 4.98 Å². The van der Waals surface area contributed by atoms with E-state index in [1.165, 1.54) is 19.4 Å². The number of hydrogen-bond donors (Lipinski definition) is 1. The van der Waals surface area contributed by atoms with Crippen LogP contribution >= 0.6 is 0 Å². The second-order valence-electron chi connectivity index (χ2n) is 8.34. The maximum Gasteiger partial charge on any atom is 0.315 e. The lowest BCUT2D eigenvalue weighted by molar-refractivity contribution is -0.137. The Morgan fingerprint density at radius 3 is 2.61 bits per heavy atom. The number of aromatic nitrogens is 1. The van der Waals surface area contributed by atoms with Gasteiger partial charge >= 0.3 is 5.97 Å². The molecule has 0 spiro atoms. The summed E-state index contributed by atoms with van der Waals surface area (Å²) in [6, 6.07) is 11.8. The number of halogens is 1. The van der Waals surface area contributed by atoms with E-state index in [1.54, 1.807) is 23.1 Å². The molecule has 0 fully saturated rings. The third-order valence-electron chi connectivity index (χ3n) is 6.11. The molecular formula is C26H25FN2O4. The maximum absolute atomic E-state index is 14.3. The van der Waals surface area contributed by atoms with Gasteiger partial charge in [-0.05, 0) is 60.2 Å². The Balaban J connectivity index is 1.66. The molecule has 0 bridgehead atoms. The summed E-state index contributed by atoms with van der Waals surface area (Å²) < 4.78 is 19.4. The molecule has 1 unspecified atom stereocenters. The van der Waals surface area contributed by atoms with E-state index in [0.29, 0.717) is 36.5 Å². The van der Waals surface area contributed by atoms with Crippen LogP contribution in [0.3, 0.4) is 0 Å². The molecule has 4 rings (SSSR count). The van der Waals surface area contributed by atoms with Gasteiger partial charge in [0.05, 0.1) is 12.7 Å². The van der Waals surface area contributed by atoms with Gasteiger partial charge in [-0.15, -0.1) is 0 Å². The van der Waals surface area contributed by atoms with Crippen LogP contribution < -0.4 is 4.74 Å². The molecule has 0 aliphatic carbocycles. The summed E-state index contributed by atoms with van der Waals surface area (Å²) in [5, 5.41) is 10.0. The zero-order valence-corrected chi connectivity index (χ0v) is 18.8. The quantitative estimate of drug-likeness (QED) is 0.631. The van der Waals surface area contributed by atoms with Crippen molar-refractivity contribution in [3.8, 4) is 5.88 Å². The zero-order chi connectivity index (χ0) is 23.7. The van der Waals surface area contributed by atoms with Gasteiger partial charge in [0.15, 0.2) is 0 Å². The van der Waals surface area contributed by atoms with Crippen LogP contribution in [-0.4, -0.2) is 40.5 Å². The molecule has 1 aliphatic rings. The normalized spacial score (nSPS) is 13.9. The van der Waals surface area contributed by atoms with Crippen molar-refractivity contribution >= 4 is 11.9 Å². The Morgan fingerprint density at radius 1 is 1.12 bits per heavy atom. The van der Waals surface area contributed by atoms with E-state index in [9.17, 15) is 19.1 Å². The molecule has 0 saturated carbocycles. The molecule has 7 heteroatoms. The number of pyridine rings is 1. The van der Waals surface area contributed by atoms with Crippen LogP contribution in [0.25, 0.3) is 0 Å². The average Bonchev–Trinajstić information content (AvgIpc) is 2.80. The number of amides is 1. The van der Waals surface area contributed by atoms with Gasteiger partial charge in [-0.3, -0.25) is 9.59 Å². The number of benzene rings is 2. The number of aliphatic carboxylic acids is 1. The number of rotatable bonds is 5. The molecule has 1 aromatic heterocycles. The van der Waals surface area contributed by atoms with Gasteiger partial charge in [0.25, 0.3) is 5.91 Å². The molecule has 0 saturated heterocycles. The van der Waals surface area contributed by atoms with Crippen LogP contribution in [0, 0.1) is 19.7 Å². The van der Waals surface area contributed by atoms with Crippen LogP contribution in [0.1, 0.15) is 49.7 Å². The Labute approximate surface area is 191 Å². The first-order chi connectivity index (χ1) is 15.8. The Kier molecular flexibility index (Phi) is 6.14. The van der Waals surface area contributed by atoms with E-state index in [4.69, 9.17) is 4.74 Å². The number of carbonyl (C=O) groups excluding carboxylic acids is 1. The van der Waals surface area contributed by atoms with Crippen molar-refractivity contribution in [2.45, 2.75) is 32.7 Å². The smallest absolute Gasteiger partial charge is 0.315 e. The number of carbonyl (C=O) groups is 2. The van der Waals surface area contributed by atoms with Gasteiger partial charge in [0, 0.05) is 25.4 Å². The molecule has 2 aromatic carbocycles. The highest BCUT2D eigenvalue weighted by atomic mass is 19.1. The summed E-state index contributed by atoms with van der Waals surface area (Å²) in [7, 11) is 1.51. The SMILES string of the molecule is COc1cc(C)c(C(C(=O)O)c2ccc3c(c2)CN(C(=O)c2cc(C)ccc2F)CC3)cn1. The fourth-order valence-corrected chi connectivity index (χ4v) is 4.31. The largest absolute Gasteiger partial charge is 0.481 e. The van der Waals surface area contributed by atoms with Crippen LogP contribution in [0.15, 0.2) is 48.7 Å². The van der Waals surface area contributed by atoms with Crippen LogP contribution in [0.2, 0.25) is 0 Å². The minimum atomic E-state index is -0.990. The van der Waals surface area contributed by atoms with Crippen LogP contribution in [0.5, 0.6) is 5.88 Å². The first-order valence-electron chi connectivity index (χ1n) is 10.7. The van der Waals surface area contributed by atoms with Crippen molar-refractivity contribution < 1.29 is 23.8 Å². The summed E-state index contributed by atoms with van der Waals surface area (Å²) in [4.78, 5) is 31.0. The number of fused-ring (bicyclic) bond motifs is 1. The van der Waals surface area contributed by atoms with Gasteiger partial charge in [-0.2, -0.15) is 0 Å². The van der Waals surface area contributed by atoms with E-state index in [0.717, 1.165) is 22.3 Å². The molecule has 6 nitrogen and oxygen atoms in total. The van der Waals surface area contributed by atoms with Gasteiger partial charge in [0.1, 0.15) is 11.7 Å². The maximum atomic E-state index is 14.3. The number of methoxy groups -OCH3 is 1. The third kappa shape index (κ3) is 4.44. The first-order valence-corrected chi connectivity index (χ1v) is 10.7. The molecule has 0 radical (unpaired) electrons. The number of ether oxygens (including phenoxy) is 1. The lowest BCUT2D eigenvalue weighted by Crippen LogP contribution is -2.36. The standard InChI is InChI=1S/C26H25FN2O4/c1-15-4-7-22(27)20(10-15)25(30)29-9-8-17-5-6-18(12-19(17)14-29)24(26(31)32)21-13-28-23(33-3)11-16(21)2/h4-7,10-13,24H,8-9,14H2,1-3H3,(H,31,32). The number of aryl methyl sites for hydroxylation is 2. The molecule has 1 atom stereocenters. The van der Waals surface area contributed by atoms with E-state index in [1.807, 2.05) is 32.0 Å². The predicted molar refractivity (Wildman–Crippen MR) is 121 cm³/mol. The number of hydrogen-bond acceptors (Lipinski definition) is 4. The summed E-state index contributed by atoms with van der Waals surface area (Å²) in [5.74, 6) is -2.39. The van der Waals surface area contributed by atoms with Crippen molar-refractivity contribution in [2.75, 3.05) is 13.7 Å². The fourth-order valence-electron chi connectivity index (χ4n) is 4.31. The highest BCUT2D eigenvalue weighted by molar-refractivity contribution is 5.94. The molecule has 3 aromatic rings. The summed E-state index contributed by atoms with van der Waals surface area (Å²) in [6.45, 7) is 4.41. The Morgan fingerprint density at radius 2 is 1.91 bits per heavy atom. The van der Waals surface area contributed by atoms with Crippen molar-refractivity contribution in [3.63, 3.8) is 0 Å². The molecule has 1 N–H and O–H groups in total. The van der Waals surface area contributed by atoms with Gasteiger partial charge in [0.2, 0.25) is 5.88 Å².